The summed E-state index contributed by atoms with van der Waals surface area (Å²) in [5.41, 5.74) is -1.31. The molecule has 2 aromatic carbocycles. The zero-order valence-electron chi connectivity index (χ0n) is 32.2. The van der Waals surface area contributed by atoms with E-state index in [4.69, 9.17) is 42.3 Å². The molecule has 4 aliphatic rings. The van der Waals surface area contributed by atoms with Crippen LogP contribution in [0.2, 0.25) is 0 Å². The standard InChI is InChI=1S/C38H48O23/c1-11-21(43)26(48)29(51)36(54-11)56-15-7-16(41)20-18(8-15)57-31(13-3-5-14(40)6-4-13)33(25(20)47)60-38-34(61-37-30(52)27(49)24(46)19(9-39)58-37)32(22(44)12(2)55-38)59-35-28(50)23(45)17(42)10-53-35/h3-8,11-12,17,19,21-24,26-30,32,34-46,48-52H,9-10H2,1-2H3/t11-,12-,17+,19+,21-,22-,23-,24+,26+,27-,28+,29+,30+,32+,34+,35-,36-,37-,38-/m0/s1. The van der Waals surface area contributed by atoms with E-state index in [1.807, 2.05) is 0 Å². The molecule has 0 unspecified atom stereocenters. The fourth-order valence-electron chi connectivity index (χ4n) is 7.37. The molecule has 13 N–H and O–H groups in total. The number of phenolic OH excluding ortho intramolecular Hbond substituents is 2. The molecular formula is C38H48O23. The molecule has 23 nitrogen and oxygen atoms in total. The Balaban J connectivity index is 1.31. The Bertz CT molecular complexity index is 2030. The van der Waals surface area contributed by atoms with Gasteiger partial charge >= 0.3 is 0 Å². The van der Waals surface area contributed by atoms with Gasteiger partial charge in [-0.3, -0.25) is 4.79 Å². The van der Waals surface area contributed by atoms with Crippen LogP contribution in [-0.4, -0.2) is 196 Å². The van der Waals surface area contributed by atoms with E-state index in [1.165, 1.54) is 38.1 Å². The van der Waals surface area contributed by atoms with E-state index in [2.05, 4.69) is 0 Å². The van der Waals surface area contributed by atoms with E-state index < -0.39 is 152 Å². The number of ether oxygens (including phenoxy) is 8. The topological polar surface area (TPSA) is 367 Å². The van der Waals surface area contributed by atoms with Crippen molar-refractivity contribution in [3.05, 3.63) is 46.6 Å². The molecule has 19 atom stereocenters. The highest BCUT2D eigenvalue weighted by Crippen LogP contribution is 2.40. The first-order valence-corrected chi connectivity index (χ1v) is 19.2. The summed E-state index contributed by atoms with van der Waals surface area (Å²) in [5, 5.41) is 136. The molecule has 0 radical (unpaired) electrons. The van der Waals surface area contributed by atoms with Crippen molar-refractivity contribution in [1.29, 1.82) is 0 Å². The van der Waals surface area contributed by atoms with Crippen LogP contribution in [0.5, 0.6) is 23.0 Å². The van der Waals surface area contributed by atoms with Crippen LogP contribution in [0.3, 0.4) is 0 Å². The maximum Gasteiger partial charge on any atom is 0.239 e. The van der Waals surface area contributed by atoms with Gasteiger partial charge in [0.2, 0.25) is 23.8 Å². The van der Waals surface area contributed by atoms with Crippen LogP contribution in [0.25, 0.3) is 22.3 Å². The van der Waals surface area contributed by atoms with Crippen molar-refractivity contribution in [3.8, 4) is 34.3 Å². The number of aliphatic hydroxyl groups excluding tert-OH is 11. The average Bonchev–Trinajstić information content (AvgIpc) is 3.23. The summed E-state index contributed by atoms with van der Waals surface area (Å²) >= 11 is 0. The zero-order chi connectivity index (χ0) is 44.2. The number of fused-ring (bicyclic) bond motifs is 1. The van der Waals surface area contributed by atoms with E-state index in [0.29, 0.717) is 0 Å². The van der Waals surface area contributed by atoms with Crippen molar-refractivity contribution in [2.24, 2.45) is 0 Å². The molecule has 3 aromatic rings. The van der Waals surface area contributed by atoms with Gasteiger partial charge in [-0.15, -0.1) is 0 Å². The van der Waals surface area contributed by atoms with Gasteiger partial charge in [0.1, 0.15) is 101 Å². The third kappa shape index (κ3) is 8.76. The average molecular weight is 873 g/mol. The van der Waals surface area contributed by atoms with Crippen molar-refractivity contribution >= 4 is 11.0 Å². The number of aromatic hydroxyl groups is 2. The highest BCUT2D eigenvalue weighted by molar-refractivity contribution is 5.88. The number of aliphatic hydroxyl groups is 11. The van der Waals surface area contributed by atoms with Crippen molar-refractivity contribution in [1.82, 2.24) is 0 Å². The minimum Gasteiger partial charge on any atom is -0.508 e. The molecule has 338 valence electrons. The normalized spacial score (nSPS) is 40.8. The van der Waals surface area contributed by atoms with Gasteiger partial charge in [-0.1, -0.05) is 0 Å². The molecule has 4 aliphatic heterocycles. The summed E-state index contributed by atoms with van der Waals surface area (Å²) in [6, 6.07) is 7.26. The van der Waals surface area contributed by atoms with Gasteiger partial charge in [0.05, 0.1) is 25.4 Å². The summed E-state index contributed by atoms with van der Waals surface area (Å²) in [6.07, 6.45) is -32.2. The number of phenols is 2. The van der Waals surface area contributed by atoms with E-state index in [-0.39, 0.29) is 28.4 Å². The molecule has 5 heterocycles. The summed E-state index contributed by atoms with van der Waals surface area (Å²) in [7, 11) is 0. The molecule has 7 rings (SSSR count). The van der Waals surface area contributed by atoms with Gasteiger partial charge in [-0.25, -0.2) is 0 Å². The number of hydrogen-bond acceptors (Lipinski definition) is 23. The Hall–Kier alpha value is -3.83. The first-order chi connectivity index (χ1) is 28.9. The first kappa shape index (κ1) is 45.2. The van der Waals surface area contributed by atoms with E-state index >= 15 is 0 Å². The predicted molar refractivity (Wildman–Crippen MR) is 196 cm³/mol. The molecule has 4 fully saturated rings. The second-order valence-corrected chi connectivity index (χ2v) is 15.2. The maximum absolute atomic E-state index is 14.5. The van der Waals surface area contributed by atoms with E-state index in [9.17, 15) is 71.2 Å². The quantitative estimate of drug-likeness (QED) is 0.0914. The second-order valence-electron chi connectivity index (χ2n) is 15.2. The number of benzene rings is 2. The van der Waals surface area contributed by atoms with Gasteiger partial charge in [0.25, 0.3) is 0 Å². The van der Waals surface area contributed by atoms with Gasteiger partial charge in [0.15, 0.2) is 24.4 Å². The van der Waals surface area contributed by atoms with Crippen LogP contribution in [0.1, 0.15) is 13.8 Å². The van der Waals surface area contributed by atoms with Gasteiger partial charge in [0, 0.05) is 17.7 Å². The molecule has 4 saturated heterocycles. The lowest BCUT2D eigenvalue weighted by Gasteiger charge is -2.48. The third-order valence-corrected chi connectivity index (χ3v) is 11.0. The smallest absolute Gasteiger partial charge is 0.239 e. The fourth-order valence-corrected chi connectivity index (χ4v) is 7.37. The summed E-state index contributed by atoms with van der Waals surface area (Å²) in [5.74, 6) is -2.23. The Labute approximate surface area is 344 Å². The number of rotatable bonds is 10. The van der Waals surface area contributed by atoms with Crippen LogP contribution >= 0.6 is 0 Å². The van der Waals surface area contributed by atoms with Crippen molar-refractivity contribution < 1.29 is 109 Å². The maximum atomic E-state index is 14.5. The Morgan fingerprint density at radius 3 is 1.93 bits per heavy atom. The summed E-state index contributed by atoms with van der Waals surface area (Å²) in [4.78, 5) is 14.5. The lowest BCUT2D eigenvalue weighted by molar-refractivity contribution is -0.377. The third-order valence-electron chi connectivity index (χ3n) is 11.0. The van der Waals surface area contributed by atoms with E-state index in [1.54, 1.807) is 0 Å². The minimum atomic E-state index is -2.03. The first-order valence-electron chi connectivity index (χ1n) is 19.2. The molecular weight excluding hydrogens is 824 g/mol. The second kappa shape index (κ2) is 18.1. The minimum absolute atomic E-state index is 0.0870. The Kier molecular flexibility index (Phi) is 13.4. The van der Waals surface area contributed by atoms with Gasteiger partial charge in [-0.2, -0.15) is 0 Å². The molecule has 1 aromatic heterocycles. The van der Waals surface area contributed by atoms with Gasteiger partial charge < -0.3 is 109 Å². The lowest BCUT2D eigenvalue weighted by Crippen LogP contribution is -2.66. The fraction of sp³-hybridized carbons (Fsp3) is 0.605. The van der Waals surface area contributed by atoms with Gasteiger partial charge in [-0.05, 0) is 38.1 Å². The molecule has 61 heavy (non-hydrogen) atoms. The van der Waals surface area contributed by atoms with Crippen LogP contribution in [0.15, 0.2) is 45.6 Å². The molecule has 0 spiro atoms. The van der Waals surface area contributed by atoms with Crippen LogP contribution < -0.4 is 14.9 Å². The SMILES string of the molecule is C[C@@H]1O[C@@H](Oc2cc(O)c3c(=O)c(O[C@@H]4O[C@@H](C)[C@H](O)[C@@H](O[C@@H]5OC[C@@H](O)[C@H](O)[C@H]5O)[C@H]4O[C@@H]4O[C@H](CO)[C@@H](O)[C@H](O)[C@H]4O)c(-c4ccc(O)cc4)oc3c2)[C@H](O)[C@H](O)[C@H]1O. The Morgan fingerprint density at radius 1 is 0.639 bits per heavy atom. The summed E-state index contributed by atoms with van der Waals surface area (Å²) in [6.45, 7) is 1.38. The monoisotopic (exact) mass is 872 g/mol. The van der Waals surface area contributed by atoms with Crippen molar-refractivity contribution in [2.45, 2.75) is 131 Å². The highest BCUT2D eigenvalue weighted by atomic mass is 16.8. The Morgan fingerprint density at radius 2 is 1.25 bits per heavy atom. The molecule has 0 saturated carbocycles. The van der Waals surface area contributed by atoms with Crippen LogP contribution in [0, 0.1) is 0 Å². The highest BCUT2D eigenvalue weighted by Gasteiger charge is 2.54. The van der Waals surface area contributed by atoms with Crippen molar-refractivity contribution in [3.63, 3.8) is 0 Å². The van der Waals surface area contributed by atoms with Crippen LogP contribution in [0.4, 0.5) is 0 Å². The van der Waals surface area contributed by atoms with Crippen molar-refractivity contribution in [2.75, 3.05) is 13.2 Å². The molecule has 0 bridgehead atoms. The van der Waals surface area contributed by atoms with E-state index in [0.717, 1.165) is 12.1 Å². The van der Waals surface area contributed by atoms with Crippen LogP contribution in [-0.2, 0) is 28.4 Å². The summed E-state index contributed by atoms with van der Waals surface area (Å²) < 4.78 is 52.4. The molecule has 0 aliphatic carbocycles. The predicted octanol–water partition coefficient (Wildman–Crippen LogP) is -4.43. The lowest BCUT2D eigenvalue weighted by atomic mass is 9.97. The molecule has 0 amide bonds. The zero-order valence-corrected chi connectivity index (χ0v) is 32.2. The molecule has 23 heteroatoms. The largest absolute Gasteiger partial charge is 0.508 e. The number of hydrogen-bond donors (Lipinski definition) is 13.